The van der Waals surface area contributed by atoms with Gasteiger partial charge < -0.3 is 9.80 Å². The van der Waals surface area contributed by atoms with Crippen LogP contribution in [0.2, 0.25) is 0 Å². The van der Waals surface area contributed by atoms with Crippen LogP contribution >= 0.6 is 15.9 Å². The minimum Gasteiger partial charge on any atom is -0.366 e. The molecule has 0 radical (unpaired) electrons. The van der Waals surface area contributed by atoms with Crippen LogP contribution in [0.25, 0.3) is 0 Å². The van der Waals surface area contributed by atoms with Crippen LogP contribution in [0.1, 0.15) is 31.9 Å². The third-order valence-corrected chi connectivity index (χ3v) is 8.56. The Morgan fingerprint density at radius 1 is 1.06 bits per heavy atom. The molecule has 2 aromatic carbocycles. The summed E-state index contributed by atoms with van der Waals surface area (Å²) in [6, 6.07) is 11.9. The molecule has 0 N–H and O–H groups in total. The lowest BCUT2D eigenvalue weighted by Gasteiger charge is -2.41. The molecule has 1 saturated heterocycles. The number of halogens is 1. The molecule has 2 heterocycles. The predicted molar refractivity (Wildman–Crippen MR) is 127 cm³/mol. The van der Waals surface area contributed by atoms with Crippen molar-refractivity contribution in [2.45, 2.75) is 51.1 Å². The minimum atomic E-state index is -3.76. The molecule has 4 rings (SSSR count). The maximum atomic E-state index is 13.8. The molecule has 0 saturated carbocycles. The van der Waals surface area contributed by atoms with Crippen molar-refractivity contribution in [1.29, 1.82) is 0 Å². The first-order chi connectivity index (χ1) is 14.6. The highest BCUT2D eigenvalue weighted by molar-refractivity contribution is 9.10. The average molecular weight is 506 g/mol. The minimum absolute atomic E-state index is 0.0364. The lowest BCUT2D eigenvalue weighted by atomic mass is 10.1. The highest BCUT2D eigenvalue weighted by atomic mass is 79.9. The maximum Gasteiger partial charge on any atom is 0.245 e. The Morgan fingerprint density at radius 3 is 2.35 bits per heavy atom. The molecule has 2 aliphatic rings. The maximum absolute atomic E-state index is 13.8. The van der Waals surface area contributed by atoms with E-state index in [1.165, 1.54) is 12.5 Å². The summed E-state index contributed by atoms with van der Waals surface area (Å²) in [5, 5.41) is 0. The summed E-state index contributed by atoms with van der Waals surface area (Å²) in [6.45, 7) is 8.97. The molecule has 0 bridgehead atoms. The third kappa shape index (κ3) is 4.01. The number of aryl methyl sites for hydroxylation is 1. The van der Waals surface area contributed by atoms with E-state index in [1.54, 1.807) is 15.3 Å². The van der Waals surface area contributed by atoms with Gasteiger partial charge in [-0.2, -0.15) is 4.31 Å². The van der Waals surface area contributed by atoms with E-state index in [9.17, 15) is 13.2 Å². The van der Waals surface area contributed by atoms with E-state index in [1.807, 2.05) is 13.0 Å². The number of hydrogen-bond donors (Lipinski definition) is 0. The summed E-state index contributed by atoms with van der Waals surface area (Å²) in [5.74, 6) is -0.136. The van der Waals surface area contributed by atoms with E-state index in [2.05, 4.69) is 58.9 Å². The molecule has 166 valence electrons. The number of amides is 1. The summed E-state index contributed by atoms with van der Waals surface area (Å²) in [7, 11) is -3.76. The van der Waals surface area contributed by atoms with Crippen molar-refractivity contribution in [1.82, 2.24) is 4.31 Å². The van der Waals surface area contributed by atoms with Gasteiger partial charge in [0.25, 0.3) is 0 Å². The van der Waals surface area contributed by atoms with Gasteiger partial charge in [-0.05, 0) is 57.0 Å². The molecule has 0 aromatic heterocycles. The molecule has 0 aliphatic carbocycles. The van der Waals surface area contributed by atoms with E-state index in [0.717, 1.165) is 11.3 Å². The molecule has 6 nitrogen and oxygen atoms in total. The number of anilines is 2. The normalized spacial score (nSPS) is 22.0. The topological polar surface area (TPSA) is 60.9 Å². The second kappa shape index (κ2) is 8.22. The molecular weight excluding hydrogens is 478 g/mol. The van der Waals surface area contributed by atoms with E-state index in [-0.39, 0.29) is 22.9 Å². The number of nitrogens with zero attached hydrogens (tertiary/aromatic N) is 3. The molecule has 0 spiro atoms. The van der Waals surface area contributed by atoms with Crippen molar-refractivity contribution < 1.29 is 13.2 Å². The van der Waals surface area contributed by atoms with Gasteiger partial charge in [-0.3, -0.25) is 4.79 Å². The van der Waals surface area contributed by atoms with Crippen LogP contribution in [0.3, 0.4) is 0 Å². The van der Waals surface area contributed by atoms with Gasteiger partial charge in [0.2, 0.25) is 15.9 Å². The number of rotatable bonds is 3. The van der Waals surface area contributed by atoms with Crippen LogP contribution in [-0.4, -0.2) is 50.3 Å². The van der Waals surface area contributed by atoms with Crippen LogP contribution < -0.4 is 9.80 Å². The summed E-state index contributed by atoms with van der Waals surface area (Å²) >= 11 is 3.47. The Hall–Kier alpha value is -1.90. The first-order valence-corrected chi connectivity index (χ1v) is 12.8. The van der Waals surface area contributed by atoms with Crippen molar-refractivity contribution in [3.63, 3.8) is 0 Å². The molecule has 2 atom stereocenters. The Bertz CT molecular complexity index is 1120. The van der Waals surface area contributed by atoms with Crippen molar-refractivity contribution >= 4 is 43.2 Å². The Morgan fingerprint density at radius 2 is 1.74 bits per heavy atom. The molecule has 2 aliphatic heterocycles. The Labute approximate surface area is 193 Å². The van der Waals surface area contributed by atoms with Gasteiger partial charge in [0.1, 0.15) is 4.90 Å². The quantitative estimate of drug-likeness (QED) is 0.633. The van der Waals surface area contributed by atoms with Gasteiger partial charge in [-0.1, -0.05) is 33.6 Å². The molecule has 0 unspecified atom stereocenters. The lowest BCUT2D eigenvalue weighted by Crippen LogP contribution is -2.53. The summed E-state index contributed by atoms with van der Waals surface area (Å²) in [6.07, 6.45) is 0.647. The van der Waals surface area contributed by atoms with Gasteiger partial charge >= 0.3 is 0 Å². The van der Waals surface area contributed by atoms with Gasteiger partial charge in [-0.25, -0.2) is 8.42 Å². The number of fused-ring (bicyclic) bond motifs is 1. The number of benzene rings is 2. The fourth-order valence-electron chi connectivity index (χ4n) is 4.75. The second-order valence-corrected chi connectivity index (χ2v) is 11.4. The van der Waals surface area contributed by atoms with E-state index in [4.69, 9.17) is 0 Å². The highest BCUT2D eigenvalue weighted by Crippen LogP contribution is 2.41. The number of piperazine rings is 1. The van der Waals surface area contributed by atoms with Crippen molar-refractivity contribution in [2.24, 2.45) is 0 Å². The van der Waals surface area contributed by atoms with Crippen molar-refractivity contribution in [3.8, 4) is 0 Å². The summed E-state index contributed by atoms with van der Waals surface area (Å²) < 4.78 is 29.8. The van der Waals surface area contributed by atoms with Gasteiger partial charge in [0.15, 0.2) is 0 Å². The fourth-order valence-corrected chi connectivity index (χ4v) is 7.17. The zero-order chi connectivity index (χ0) is 22.5. The van der Waals surface area contributed by atoms with Crippen LogP contribution in [0.4, 0.5) is 11.4 Å². The average Bonchev–Trinajstić information content (AvgIpc) is 3.03. The SMILES string of the molecule is CC(=O)N1c2c(cc(Br)cc2S(=O)(=O)N2CCN(c3ccc(C)cc3)[C@H](C)C2)C[C@H]1C. The van der Waals surface area contributed by atoms with Crippen LogP contribution in [0, 0.1) is 6.92 Å². The molecule has 31 heavy (non-hydrogen) atoms. The number of sulfonamides is 1. The van der Waals surface area contributed by atoms with Crippen molar-refractivity contribution in [3.05, 3.63) is 52.0 Å². The van der Waals surface area contributed by atoms with E-state index >= 15 is 0 Å². The zero-order valence-electron chi connectivity index (χ0n) is 18.3. The first kappa shape index (κ1) is 22.3. The van der Waals surface area contributed by atoms with Crippen molar-refractivity contribution in [2.75, 3.05) is 29.4 Å². The van der Waals surface area contributed by atoms with Crippen LogP contribution in [0.5, 0.6) is 0 Å². The molecular formula is C23H28BrN3O3S. The van der Waals surface area contributed by atoms with Crippen LogP contribution in [0.15, 0.2) is 45.8 Å². The molecule has 1 amide bonds. The number of carbonyl (C=O) groups excluding carboxylic acids is 1. The predicted octanol–water partition coefficient (Wildman–Crippen LogP) is 3.95. The third-order valence-electron chi connectivity index (χ3n) is 6.23. The standard InChI is InChI=1S/C23H28BrN3O3S/c1-15-5-7-21(8-6-15)26-10-9-25(14-17(26)3)31(29,30)22-13-20(24)12-19-11-16(2)27(18(4)28)23(19)22/h5-8,12-13,16-17H,9-11,14H2,1-4H3/t16-,17-/m1/s1. The summed E-state index contributed by atoms with van der Waals surface area (Å²) in [4.78, 5) is 16.4. The monoisotopic (exact) mass is 505 g/mol. The summed E-state index contributed by atoms with van der Waals surface area (Å²) in [5.41, 5.74) is 3.74. The van der Waals surface area contributed by atoms with E-state index in [0.29, 0.717) is 36.2 Å². The van der Waals surface area contributed by atoms with Gasteiger partial charge in [0.05, 0.1) is 5.69 Å². The Balaban J connectivity index is 1.66. The molecule has 2 aromatic rings. The van der Waals surface area contributed by atoms with E-state index < -0.39 is 10.0 Å². The van der Waals surface area contributed by atoms with Gasteiger partial charge in [0, 0.05) is 48.8 Å². The highest BCUT2D eigenvalue weighted by Gasteiger charge is 2.39. The molecule has 1 fully saturated rings. The zero-order valence-corrected chi connectivity index (χ0v) is 20.7. The van der Waals surface area contributed by atoms with Crippen LogP contribution in [-0.2, 0) is 21.2 Å². The smallest absolute Gasteiger partial charge is 0.245 e. The Kier molecular flexibility index (Phi) is 5.91. The largest absolute Gasteiger partial charge is 0.366 e. The number of carbonyl (C=O) groups is 1. The lowest BCUT2D eigenvalue weighted by molar-refractivity contribution is -0.116. The molecule has 8 heteroatoms. The van der Waals surface area contributed by atoms with Gasteiger partial charge in [-0.15, -0.1) is 0 Å². The first-order valence-electron chi connectivity index (χ1n) is 10.5. The fraction of sp³-hybridized carbons (Fsp3) is 0.435. The number of hydrogen-bond acceptors (Lipinski definition) is 4. The second-order valence-electron chi connectivity index (χ2n) is 8.59.